The van der Waals surface area contributed by atoms with E-state index in [0.29, 0.717) is 26.1 Å². The summed E-state index contributed by atoms with van der Waals surface area (Å²) < 4.78 is 22.9. The van der Waals surface area contributed by atoms with Gasteiger partial charge >= 0.3 is 24.4 Å². The number of hydrogen-bond acceptors (Lipinski definition) is 13. The summed E-state index contributed by atoms with van der Waals surface area (Å²) in [5, 5.41) is 14.1. The Hall–Kier alpha value is -4.68. The van der Waals surface area contributed by atoms with Crippen LogP contribution in [0.3, 0.4) is 0 Å². The maximum Gasteiger partial charge on any atom is 0.407 e. The molecular weight excluding hydrogens is 616 g/mol. The molecule has 0 saturated carbocycles. The number of nitrogens with one attached hydrogen (secondary N) is 6. The zero-order chi connectivity index (χ0) is 35.7. The van der Waals surface area contributed by atoms with Crippen molar-refractivity contribution in [2.75, 3.05) is 48.3 Å². The minimum Gasteiger partial charge on any atom is -0.453 e. The van der Waals surface area contributed by atoms with E-state index in [2.05, 4.69) is 50.8 Å². The zero-order valence-electron chi connectivity index (χ0n) is 27.6. The summed E-state index contributed by atoms with van der Waals surface area (Å²) in [5.41, 5.74) is 0. The second kappa shape index (κ2) is 25.6. The SMILES string of the molecule is COC(=O)NC(C)C(=O)CCCOCCCC(=O)C(C)NC(=O)OC.COC(=O)NC(C)C(=O)NCNC(=O)C(C)NC(=O)OC. The molecule has 0 heterocycles. The van der Waals surface area contributed by atoms with Gasteiger partial charge in [0, 0.05) is 26.1 Å². The summed E-state index contributed by atoms with van der Waals surface area (Å²) in [6.07, 6.45) is -1.14. The van der Waals surface area contributed by atoms with Gasteiger partial charge in [0.05, 0.1) is 47.2 Å². The topological polar surface area (TPSA) is 255 Å². The zero-order valence-corrected chi connectivity index (χ0v) is 27.6. The summed E-state index contributed by atoms with van der Waals surface area (Å²) >= 11 is 0. The second-order valence-corrected chi connectivity index (χ2v) is 9.44. The average molecular weight is 665 g/mol. The fourth-order valence-electron chi connectivity index (χ4n) is 2.99. The predicted octanol–water partition coefficient (Wildman–Crippen LogP) is -0.144. The highest BCUT2D eigenvalue weighted by atomic mass is 16.5. The van der Waals surface area contributed by atoms with E-state index in [0.717, 1.165) is 0 Å². The fourth-order valence-corrected chi connectivity index (χ4v) is 2.99. The molecular formula is C27H48N6O13. The normalized spacial score (nSPS) is 12.5. The quantitative estimate of drug-likeness (QED) is 0.0634. The highest BCUT2D eigenvalue weighted by molar-refractivity contribution is 5.88. The number of amides is 6. The van der Waals surface area contributed by atoms with Crippen molar-refractivity contribution in [3.05, 3.63) is 0 Å². The van der Waals surface area contributed by atoms with E-state index in [4.69, 9.17) is 4.74 Å². The van der Waals surface area contributed by atoms with Crippen molar-refractivity contribution in [2.45, 2.75) is 77.5 Å². The van der Waals surface area contributed by atoms with Gasteiger partial charge in [0.2, 0.25) is 11.8 Å². The number of carbonyl (C=O) groups is 8. The lowest BCUT2D eigenvalue weighted by atomic mass is 10.1. The Kier molecular flexibility index (Phi) is 24.2. The molecule has 6 amide bonds. The van der Waals surface area contributed by atoms with Crippen LogP contribution in [0.1, 0.15) is 53.4 Å². The van der Waals surface area contributed by atoms with Crippen LogP contribution in [-0.2, 0) is 42.9 Å². The summed E-state index contributed by atoms with van der Waals surface area (Å²) in [6, 6.07) is -2.84. The lowest BCUT2D eigenvalue weighted by molar-refractivity contribution is -0.125. The minimum atomic E-state index is -0.819. The molecule has 0 aliphatic carbocycles. The van der Waals surface area contributed by atoms with Crippen LogP contribution in [0.4, 0.5) is 19.2 Å². The summed E-state index contributed by atoms with van der Waals surface area (Å²) in [7, 11) is 4.82. The summed E-state index contributed by atoms with van der Waals surface area (Å²) in [6.45, 7) is 6.72. The van der Waals surface area contributed by atoms with E-state index >= 15 is 0 Å². The Morgan fingerprint density at radius 3 is 1.04 bits per heavy atom. The number of hydrogen-bond donors (Lipinski definition) is 6. The Morgan fingerprint density at radius 1 is 0.478 bits per heavy atom. The van der Waals surface area contributed by atoms with Crippen molar-refractivity contribution in [2.24, 2.45) is 0 Å². The van der Waals surface area contributed by atoms with Gasteiger partial charge in [0.25, 0.3) is 0 Å². The fraction of sp³-hybridized carbons (Fsp3) is 0.704. The first-order valence-corrected chi connectivity index (χ1v) is 14.2. The molecule has 0 saturated heterocycles. The third-order valence-electron chi connectivity index (χ3n) is 5.78. The van der Waals surface area contributed by atoms with Crippen LogP contribution in [0.15, 0.2) is 0 Å². The molecule has 0 fully saturated rings. The molecule has 0 spiro atoms. The molecule has 0 aliphatic rings. The van der Waals surface area contributed by atoms with E-state index in [1.807, 2.05) is 0 Å². The van der Waals surface area contributed by atoms with Crippen molar-refractivity contribution in [3.63, 3.8) is 0 Å². The van der Waals surface area contributed by atoms with Crippen LogP contribution in [0.25, 0.3) is 0 Å². The van der Waals surface area contributed by atoms with Gasteiger partial charge in [-0.1, -0.05) is 0 Å². The molecule has 4 unspecified atom stereocenters. The number of carbonyl (C=O) groups excluding carboxylic acids is 8. The van der Waals surface area contributed by atoms with E-state index in [9.17, 15) is 38.4 Å². The molecule has 0 aromatic carbocycles. The first-order valence-electron chi connectivity index (χ1n) is 14.2. The molecule has 19 nitrogen and oxygen atoms in total. The van der Waals surface area contributed by atoms with Gasteiger partial charge in [-0.05, 0) is 40.5 Å². The number of Topliss-reactive ketones (excluding diaryl/α,β-unsaturated/α-hetero) is 2. The molecule has 0 radical (unpaired) electrons. The highest BCUT2D eigenvalue weighted by Gasteiger charge is 2.19. The highest BCUT2D eigenvalue weighted by Crippen LogP contribution is 2.01. The van der Waals surface area contributed by atoms with Gasteiger partial charge in [0.1, 0.15) is 12.1 Å². The largest absolute Gasteiger partial charge is 0.453 e. The number of ketones is 2. The van der Waals surface area contributed by atoms with Crippen molar-refractivity contribution >= 4 is 47.8 Å². The maximum absolute atomic E-state index is 11.7. The van der Waals surface area contributed by atoms with E-state index in [1.54, 1.807) is 13.8 Å². The summed E-state index contributed by atoms with van der Waals surface area (Å²) in [5.74, 6) is -1.22. The summed E-state index contributed by atoms with van der Waals surface area (Å²) in [4.78, 5) is 90.3. The number of methoxy groups -OCH3 is 4. The molecule has 19 heteroatoms. The molecule has 46 heavy (non-hydrogen) atoms. The van der Waals surface area contributed by atoms with Crippen LogP contribution in [0.5, 0.6) is 0 Å². The first kappa shape index (κ1) is 43.4. The number of ether oxygens (including phenoxy) is 5. The number of rotatable bonds is 18. The predicted molar refractivity (Wildman–Crippen MR) is 160 cm³/mol. The van der Waals surface area contributed by atoms with Crippen molar-refractivity contribution in [3.8, 4) is 0 Å². The number of alkyl carbamates (subject to hydrolysis) is 4. The molecule has 0 aliphatic heterocycles. The van der Waals surface area contributed by atoms with Gasteiger partial charge in [-0.2, -0.15) is 0 Å². The van der Waals surface area contributed by atoms with Crippen LogP contribution in [0, 0.1) is 0 Å². The molecule has 0 bridgehead atoms. The van der Waals surface area contributed by atoms with Crippen LogP contribution < -0.4 is 31.9 Å². The van der Waals surface area contributed by atoms with Gasteiger partial charge in [-0.3, -0.25) is 19.2 Å². The standard InChI is InChI=1S/C16H28N2O7.C11H20N4O6/c1-11(17-15(21)23-3)13(19)7-5-9-25-10-6-8-14(20)12(2)18-16(22)24-4;1-6(14-10(18)20-3)8(16)12-5-13-9(17)7(2)15-11(19)21-4/h11-12H,5-10H2,1-4H3,(H,17,21)(H,18,22);6-7H,5H2,1-4H3,(H,12,16)(H,13,17)(H,14,18)(H,15,19). The van der Waals surface area contributed by atoms with E-state index < -0.39 is 60.4 Å². The van der Waals surface area contributed by atoms with Gasteiger partial charge in [-0.25, -0.2) is 19.2 Å². The molecule has 6 N–H and O–H groups in total. The Labute approximate surface area is 267 Å². The van der Waals surface area contributed by atoms with Gasteiger partial charge in [-0.15, -0.1) is 0 Å². The molecule has 264 valence electrons. The molecule has 0 aromatic rings. The lowest BCUT2D eigenvalue weighted by Crippen LogP contribution is -2.51. The smallest absolute Gasteiger partial charge is 0.407 e. The van der Waals surface area contributed by atoms with Crippen LogP contribution in [-0.4, -0.2) is 120 Å². The van der Waals surface area contributed by atoms with Gasteiger partial charge < -0.3 is 55.6 Å². The Bertz CT molecular complexity index is 935. The second-order valence-electron chi connectivity index (χ2n) is 9.44. The molecule has 0 aromatic heterocycles. The van der Waals surface area contributed by atoms with Crippen LogP contribution in [0.2, 0.25) is 0 Å². The molecule has 0 rings (SSSR count). The van der Waals surface area contributed by atoms with Crippen molar-refractivity contribution in [1.29, 1.82) is 0 Å². The van der Waals surface area contributed by atoms with E-state index in [1.165, 1.54) is 42.3 Å². The van der Waals surface area contributed by atoms with Crippen molar-refractivity contribution < 1.29 is 62.0 Å². The minimum absolute atomic E-state index is 0.105. The first-order chi connectivity index (χ1) is 21.6. The van der Waals surface area contributed by atoms with Crippen molar-refractivity contribution in [1.82, 2.24) is 31.9 Å². The van der Waals surface area contributed by atoms with Crippen LogP contribution >= 0.6 is 0 Å². The van der Waals surface area contributed by atoms with E-state index in [-0.39, 0.29) is 31.1 Å². The Balaban J connectivity index is 0. The third kappa shape index (κ3) is 21.9. The monoisotopic (exact) mass is 664 g/mol. The van der Waals surface area contributed by atoms with Gasteiger partial charge in [0.15, 0.2) is 11.6 Å². The average Bonchev–Trinajstić information content (AvgIpc) is 3.03. The lowest BCUT2D eigenvalue weighted by Gasteiger charge is -2.15. The Morgan fingerprint density at radius 2 is 0.761 bits per heavy atom. The maximum atomic E-state index is 11.7. The molecule has 4 atom stereocenters. The third-order valence-corrected chi connectivity index (χ3v) is 5.78.